The molecule has 35 heavy (non-hydrogen) atoms. The second-order valence-electron chi connectivity index (χ2n) is 8.96. The number of fused-ring (bicyclic) bond motifs is 1. The Kier molecular flexibility index (Phi) is 6.52. The van der Waals surface area contributed by atoms with Gasteiger partial charge in [0.2, 0.25) is 0 Å². The lowest BCUT2D eigenvalue weighted by molar-refractivity contribution is -0.139. The second-order valence-corrected chi connectivity index (χ2v) is 8.96. The Morgan fingerprint density at radius 3 is 2.60 bits per heavy atom. The summed E-state index contributed by atoms with van der Waals surface area (Å²) in [5.74, 6) is -0.0588. The molecule has 1 saturated carbocycles. The van der Waals surface area contributed by atoms with Crippen LogP contribution in [0, 0.1) is 0 Å². The fourth-order valence-corrected chi connectivity index (χ4v) is 4.64. The molecule has 1 amide bonds. The number of pyridine rings is 1. The predicted octanol–water partition coefficient (Wildman–Crippen LogP) is 4.76. The number of aromatic nitrogens is 2. The van der Waals surface area contributed by atoms with Crippen LogP contribution in [0.15, 0.2) is 71.5 Å². The third kappa shape index (κ3) is 5.06. The Bertz CT molecular complexity index is 1310. The van der Waals surface area contributed by atoms with E-state index >= 15 is 0 Å². The van der Waals surface area contributed by atoms with Gasteiger partial charge < -0.3 is 20.2 Å². The van der Waals surface area contributed by atoms with E-state index in [1.54, 1.807) is 24.6 Å². The topological polar surface area (TPSA) is 109 Å². The number of hydrogen-bond donors (Lipinski definition) is 3. The van der Waals surface area contributed by atoms with Crippen molar-refractivity contribution in [3.05, 3.63) is 78.2 Å². The molecule has 180 valence electrons. The highest BCUT2D eigenvalue weighted by atomic mass is 16.4. The number of aliphatic carboxylic acids is 1. The first kappa shape index (κ1) is 22.7. The van der Waals surface area contributed by atoms with Crippen molar-refractivity contribution in [3.8, 4) is 11.5 Å². The van der Waals surface area contributed by atoms with Crippen molar-refractivity contribution in [2.45, 2.75) is 50.6 Å². The minimum absolute atomic E-state index is 0.200. The van der Waals surface area contributed by atoms with Crippen molar-refractivity contribution in [2.75, 3.05) is 5.32 Å². The van der Waals surface area contributed by atoms with E-state index in [1.165, 1.54) is 19.3 Å². The van der Waals surface area contributed by atoms with Crippen LogP contribution in [0.5, 0.6) is 0 Å². The molecule has 1 aromatic carbocycles. The van der Waals surface area contributed by atoms with Crippen LogP contribution in [0.2, 0.25) is 0 Å². The van der Waals surface area contributed by atoms with Crippen molar-refractivity contribution >= 4 is 23.3 Å². The maximum Gasteiger partial charge on any atom is 0.326 e. The maximum atomic E-state index is 13.0. The van der Waals surface area contributed by atoms with Gasteiger partial charge in [-0.3, -0.25) is 9.20 Å². The van der Waals surface area contributed by atoms with Crippen LogP contribution in [0.3, 0.4) is 0 Å². The maximum absolute atomic E-state index is 13.0. The minimum Gasteiger partial charge on any atom is -0.480 e. The molecule has 1 fully saturated rings. The molecule has 0 spiro atoms. The zero-order valence-electron chi connectivity index (χ0n) is 19.3. The summed E-state index contributed by atoms with van der Waals surface area (Å²) >= 11 is 0. The lowest BCUT2D eigenvalue weighted by atomic mass is 9.95. The average molecular weight is 473 g/mol. The van der Waals surface area contributed by atoms with Crippen LogP contribution >= 0.6 is 0 Å². The molecule has 0 radical (unpaired) electrons. The number of hydrogen-bond acceptors (Lipinski definition) is 5. The van der Waals surface area contributed by atoms with Gasteiger partial charge in [-0.15, -0.1) is 0 Å². The van der Waals surface area contributed by atoms with E-state index in [2.05, 4.69) is 10.6 Å². The summed E-state index contributed by atoms with van der Waals surface area (Å²) in [5.41, 5.74) is 2.45. The van der Waals surface area contributed by atoms with E-state index in [0.29, 0.717) is 28.7 Å². The number of carbonyl (C=O) groups excluding carboxylic acids is 1. The van der Waals surface area contributed by atoms with Crippen LogP contribution in [-0.4, -0.2) is 38.5 Å². The molecule has 1 unspecified atom stereocenters. The average Bonchev–Trinajstić information content (AvgIpc) is 3.53. The van der Waals surface area contributed by atoms with Crippen LogP contribution in [0.1, 0.15) is 48.0 Å². The standard InChI is InChI=1S/C27H28N4O4/c32-26(29-21(27(33)34)16-18-8-3-1-4-9-18)19-13-14-31-23(17-19)30-24(22-12-7-15-35-22)25(31)28-20-10-5-2-6-11-20/h1,3-4,7-9,12-15,17,20-21,28H,2,5-6,10-11,16H2,(H,29,32)(H,33,34). The van der Waals surface area contributed by atoms with Gasteiger partial charge in [-0.2, -0.15) is 0 Å². The summed E-state index contributed by atoms with van der Waals surface area (Å²) in [6, 6.07) is 15.6. The number of nitrogens with one attached hydrogen (secondary N) is 2. The number of carboxylic acids is 1. The van der Waals surface area contributed by atoms with Gasteiger partial charge in [0, 0.05) is 24.2 Å². The summed E-state index contributed by atoms with van der Waals surface area (Å²) < 4.78 is 7.55. The van der Waals surface area contributed by atoms with Crippen LogP contribution in [0.4, 0.5) is 5.82 Å². The molecule has 0 bridgehead atoms. The molecule has 1 aliphatic carbocycles. The molecule has 1 atom stereocenters. The Labute approximate surface area is 203 Å². The van der Waals surface area contributed by atoms with Crippen LogP contribution in [0.25, 0.3) is 17.1 Å². The van der Waals surface area contributed by atoms with Crippen LogP contribution < -0.4 is 10.6 Å². The minimum atomic E-state index is -1.08. The molecule has 8 heteroatoms. The summed E-state index contributed by atoms with van der Waals surface area (Å²) in [7, 11) is 0. The Balaban J connectivity index is 1.42. The van der Waals surface area contributed by atoms with Gasteiger partial charge in [-0.05, 0) is 42.7 Å². The number of nitrogens with zero attached hydrogens (tertiary/aromatic N) is 2. The number of benzene rings is 1. The number of furan rings is 1. The summed E-state index contributed by atoms with van der Waals surface area (Å²) in [6.07, 6.45) is 9.46. The van der Waals surface area contributed by atoms with E-state index in [0.717, 1.165) is 24.2 Å². The van der Waals surface area contributed by atoms with Crippen molar-refractivity contribution in [1.29, 1.82) is 0 Å². The van der Waals surface area contributed by atoms with E-state index in [4.69, 9.17) is 9.40 Å². The van der Waals surface area contributed by atoms with E-state index < -0.39 is 17.9 Å². The molecular weight excluding hydrogens is 444 g/mol. The highest BCUT2D eigenvalue weighted by Gasteiger charge is 2.24. The van der Waals surface area contributed by atoms with Gasteiger partial charge in [0.05, 0.1) is 6.26 Å². The smallest absolute Gasteiger partial charge is 0.326 e. The highest BCUT2D eigenvalue weighted by molar-refractivity contribution is 5.97. The summed E-state index contributed by atoms with van der Waals surface area (Å²) in [5, 5.41) is 16.0. The fourth-order valence-electron chi connectivity index (χ4n) is 4.64. The molecule has 4 aromatic rings. The number of anilines is 1. The number of amides is 1. The van der Waals surface area contributed by atoms with Gasteiger partial charge in [-0.25, -0.2) is 9.78 Å². The summed E-state index contributed by atoms with van der Waals surface area (Å²) in [6.45, 7) is 0. The normalized spacial score (nSPS) is 15.1. The molecule has 5 rings (SSSR count). The van der Waals surface area contributed by atoms with E-state index in [1.807, 2.05) is 46.9 Å². The Morgan fingerprint density at radius 1 is 1.09 bits per heavy atom. The van der Waals surface area contributed by atoms with Gasteiger partial charge in [0.25, 0.3) is 5.91 Å². The lowest BCUT2D eigenvalue weighted by Gasteiger charge is -2.24. The van der Waals surface area contributed by atoms with Crippen molar-refractivity contribution in [3.63, 3.8) is 0 Å². The molecule has 3 N–H and O–H groups in total. The first-order chi connectivity index (χ1) is 17.1. The zero-order chi connectivity index (χ0) is 24.2. The molecule has 3 aromatic heterocycles. The van der Waals surface area contributed by atoms with E-state index in [9.17, 15) is 14.7 Å². The third-order valence-electron chi connectivity index (χ3n) is 6.47. The van der Waals surface area contributed by atoms with Gasteiger partial charge in [0.15, 0.2) is 5.76 Å². The highest BCUT2D eigenvalue weighted by Crippen LogP contribution is 2.32. The molecule has 3 heterocycles. The van der Waals surface area contributed by atoms with E-state index in [-0.39, 0.29) is 6.42 Å². The van der Waals surface area contributed by atoms with Crippen molar-refractivity contribution in [2.24, 2.45) is 0 Å². The first-order valence-corrected chi connectivity index (χ1v) is 12.0. The number of imidazole rings is 1. The van der Waals surface area contributed by atoms with Gasteiger partial charge in [-0.1, -0.05) is 49.6 Å². The lowest BCUT2D eigenvalue weighted by Crippen LogP contribution is -2.42. The zero-order valence-corrected chi connectivity index (χ0v) is 19.3. The molecule has 1 aliphatic rings. The third-order valence-corrected chi connectivity index (χ3v) is 6.47. The Hall–Kier alpha value is -4.07. The van der Waals surface area contributed by atoms with Crippen LogP contribution in [-0.2, 0) is 11.2 Å². The molecule has 0 saturated heterocycles. The first-order valence-electron chi connectivity index (χ1n) is 12.0. The molecule has 0 aliphatic heterocycles. The summed E-state index contributed by atoms with van der Waals surface area (Å²) in [4.78, 5) is 29.5. The monoisotopic (exact) mass is 472 g/mol. The molecular formula is C27H28N4O4. The molecule has 8 nitrogen and oxygen atoms in total. The largest absolute Gasteiger partial charge is 0.480 e. The number of carbonyl (C=O) groups is 2. The second kappa shape index (κ2) is 10.0. The number of rotatable bonds is 8. The Morgan fingerprint density at radius 2 is 1.89 bits per heavy atom. The predicted molar refractivity (Wildman–Crippen MR) is 132 cm³/mol. The van der Waals surface area contributed by atoms with Crippen molar-refractivity contribution in [1.82, 2.24) is 14.7 Å². The quantitative estimate of drug-likeness (QED) is 0.341. The van der Waals surface area contributed by atoms with Crippen molar-refractivity contribution < 1.29 is 19.1 Å². The number of carboxylic acid groups (broad SMARTS) is 1. The van der Waals surface area contributed by atoms with Gasteiger partial charge in [0.1, 0.15) is 23.2 Å². The SMILES string of the molecule is O=C(NC(Cc1ccccc1)C(=O)O)c1ccn2c(NC3CCCCC3)c(-c3ccco3)nc2c1. The van der Waals surface area contributed by atoms with Gasteiger partial charge >= 0.3 is 5.97 Å². The fraction of sp³-hybridized carbons (Fsp3) is 0.296.